The molecule has 4 nitrogen and oxygen atoms in total. The summed E-state index contributed by atoms with van der Waals surface area (Å²) in [5.41, 5.74) is 3.46. The van der Waals surface area contributed by atoms with Crippen LogP contribution >= 0.6 is 0 Å². The van der Waals surface area contributed by atoms with Gasteiger partial charge in [-0.15, -0.1) is 0 Å². The van der Waals surface area contributed by atoms with Crippen LogP contribution in [0.1, 0.15) is 16.7 Å². The first-order valence-corrected chi connectivity index (χ1v) is 6.35. The van der Waals surface area contributed by atoms with Gasteiger partial charge in [0.1, 0.15) is 5.75 Å². The van der Waals surface area contributed by atoms with Crippen LogP contribution in [0.5, 0.6) is 5.75 Å². The zero-order valence-electron chi connectivity index (χ0n) is 11.6. The molecule has 0 saturated carbocycles. The van der Waals surface area contributed by atoms with E-state index in [9.17, 15) is 0 Å². The van der Waals surface area contributed by atoms with Gasteiger partial charge in [0.25, 0.3) is 0 Å². The smallest absolute Gasteiger partial charge is 0.222 e. The van der Waals surface area contributed by atoms with E-state index in [4.69, 9.17) is 4.74 Å². The topological polar surface area (TPSA) is 47.0 Å². The standard InChI is InChI=1S/C15H19N3O/c1-11-9-17-15(18-10-11)16-7-6-13-5-4-12(2)14(8-13)19-3/h4-5,8-10H,6-7H2,1-3H3,(H,16,17,18). The highest BCUT2D eigenvalue weighted by Crippen LogP contribution is 2.19. The molecule has 0 amide bonds. The van der Waals surface area contributed by atoms with Crippen LogP contribution in [-0.2, 0) is 6.42 Å². The number of methoxy groups -OCH3 is 1. The lowest BCUT2D eigenvalue weighted by atomic mass is 10.1. The minimum Gasteiger partial charge on any atom is -0.496 e. The number of hydrogen-bond acceptors (Lipinski definition) is 4. The fourth-order valence-corrected chi connectivity index (χ4v) is 1.82. The minimum absolute atomic E-state index is 0.671. The molecule has 0 aliphatic rings. The van der Waals surface area contributed by atoms with Gasteiger partial charge in [0.2, 0.25) is 5.95 Å². The Kier molecular flexibility index (Phi) is 4.34. The summed E-state index contributed by atoms with van der Waals surface area (Å²) < 4.78 is 5.32. The molecule has 2 aromatic rings. The van der Waals surface area contributed by atoms with Gasteiger partial charge in [-0.05, 0) is 43.0 Å². The highest BCUT2D eigenvalue weighted by Gasteiger charge is 2.01. The summed E-state index contributed by atoms with van der Waals surface area (Å²) in [6.45, 7) is 4.82. The summed E-state index contributed by atoms with van der Waals surface area (Å²) in [5.74, 6) is 1.61. The van der Waals surface area contributed by atoms with Crippen molar-refractivity contribution in [2.24, 2.45) is 0 Å². The number of hydrogen-bond donors (Lipinski definition) is 1. The maximum atomic E-state index is 5.32. The first kappa shape index (κ1) is 13.3. The number of aryl methyl sites for hydroxylation is 2. The van der Waals surface area contributed by atoms with Crippen LogP contribution in [0.4, 0.5) is 5.95 Å². The van der Waals surface area contributed by atoms with Crippen LogP contribution in [0, 0.1) is 13.8 Å². The van der Waals surface area contributed by atoms with Gasteiger partial charge in [-0.25, -0.2) is 9.97 Å². The number of aromatic nitrogens is 2. The maximum Gasteiger partial charge on any atom is 0.222 e. The largest absolute Gasteiger partial charge is 0.496 e. The molecule has 1 aromatic heterocycles. The first-order valence-electron chi connectivity index (χ1n) is 6.35. The molecule has 0 saturated heterocycles. The Balaban J connectivity index is 1.90. The van der Waals surface area contributed by atoms with Crippen LogP contribution in [-0.4, -0.2) is 23.6 Å². The molecule has 1 heterocycles. The molecule has 2 rings (SSSR count). The average molecular weight is 257 g/mol. The van der Waals surface area contributed by atoms with Crippen molar-refractivity contribution in [1.82, 2.24) is 9.97 Å². The Morgan fingerprint density at radius 1 is 1.16 bits per heavy atom. The number of anilines is 1. The lowest BCUT2D eigenvalue weighted by Crippen LogP contribution is -2.08. The summed E-state index contributed by atoms with van der Waals surface area (Å²) in [5, 5.41) is 3.21. The summed E-state index contributed by atoms with van der Waals surface area (Å²) in [6.07, 6.45) is 4.53. The van der Waals surface area contributed by atoms with Gasteiger partial charge < -0.3 is 10.1 Å². The fourth-order valence-electron chi connectivity index (χ4n) is 1.82. The van der Waals surface area contributed by atoms with Gasteiger partial charge in [-0.3, -0.25) is 0 Å². The molecule has 4 heteroatoms. The highest BCUT2D eigenvalue weighted by molar-refractivity contribution is 5.37. The van der Waals surface area contributed by atoms with E-state index >= 15 is 0 Å². The van der Waals surface area contributed by atoms with E-state index in [0.29, 0.717) is 5.95 Å². The Bertz CT molecular complexity index is 538. The van der Waals surface area contributed by atoms with Crippen molar-refractivity contribution in [3.05, 3.63) is 47.3 Å². The van der Waals surface area contributed by atoms with Crippen LogP contribution < -0.4 is 10.1 Å². The number of rotatable bonds is 5. The molecule has 19 heavy (non-hydrogen) atoms. The lowest BCUT2D eigenvalue weighted by molar-refractivity contribution is 0.411. The van der Waals surface area contributed by atoms with Gasteiger partial charge >= 0.3 is 0 Å². The predicted octanol–water partition coefficient (Wildman–Crippen LogP) is 2.76. The van der Waals surface area contributed by atoms with Gasteiger partial charge in [0.05, 0.1) is 7.11 Å². The van der Waals surface area contributed by atoms with Gasteiger partial charge in [-0.1, -0.05) is 12.1 Å². The van der Waals surface area contributed by atoms with E-state index in [1.54, 1.807) is 7.11 Å². The van der Waals surface area contributed by atoms with E-state index in [2.05, 4.69) is 33.5 Å². The molecular weight excluding hydrogens is 238 g/mol. The third-order valence-electron chi connectivity index (χ3n) is 2.95. The van der Waals surface area contributed by atoms with Crippen molar-refractivity contribution in [2.45, 2.75) is 20.3 Å². The van der Waals surface area contributed by atoms with E-state index in [1.165, 1.54) is 5.56 Å². The lowest BCUT2D eigenvalue weighted by Gasteiger charge is -2.08. The minimum atomic E-state index is 0.671. The molecule has 0 aliphatic heterocycles. The van der Waals surface area contributed by atoms with Gasteiger partial charge in [0.15, 0.2) is 0 Å². The predicted molar refractivity (Wildman–Crippen MR) is 76.7 cm³/mol. The summed E-state index contributed by atoms with van der Waals surface area (Å²) in [6, 6.07) is 6.28. The molecule has 0 bridgehead atoms. The Hall–Kier alpha value is -2.10. The van der Waals surface area contributed by atoms with Crippen LogP contribution in [0.25, 0.3) is 0 Å². The number of benzene rings is 1. The fraction of sp³-hybridized carbons (Fsp3) is 0.333. The van der Waals surface area contributed by atoms with E-state index in [1.807, 2.05) is 26.2 Å². The van der Waals surface area contributed by atoms with Crippen molar-refractivity contribution in [3.8, 4) is 5.75 Å². The monoisotopic (exact) mass is 257 g/mol. The molecule has 100 valence electrons. The third kappa shape index (κ3) is 3.68. The molecule has 0 atom stereocenters. The van der Waals surface area contributed by atoms with E-state index < -0.39 is 0 Å². The van der Waals surface area contributed by atoms with E-state index in [0.717, 1.165) is 29.8 Å². The molecule has 0 spiro atoms. The van der Waals surface area contributed by atoms with Crippen LogP contribution in [0.15, 0.2) is 30.6 Å². The zero-order valence-corrected chi connectivity index (χ0v) is 11.6. The molecule has 0 radical (unpaired) electrons. The summed E-state index contributed by atoms with van der Waals surface area (Å²) in [7, 11) is 1.70. The van der Waals surface area contributed by atoms with Gasteiger partial charge in [-0.2, -0.15) is 0 Å². The van der Waals surface area contributed by atoms with Crippen molar-refractivity contribution in [3.63, 3.8) is 0 Å². The van der Waals surface area contributed by atoms with Crippen LogP contribution in [0.2, 0.25) is 0 Å². The van der Waals surface area contributed by atoms with Gasteiger partial charge in [0, 0.05) is 18.9 Å². The average Bonchev–Trinajstić information content (AvgIpc) is 2.43. The number of ether oxygens (including phenoxy) is 1. The first-order chi connectivity index (χ1) is 9.19. The number of nitrogens with one attached hydrogen (secondary N) is 1. The SMILES string of the molecule is COc1cc(CCNc2ncc(C)cn2)ccc1C. The second-order valence-corrected chi connectivity index (χ2v) is 4.56. The Morgan fingerprint density at radius 3 is 2.58 bits per heavy atom. The summed E-state index contributed by atoms with van der Waals surface area (Å²) >= 11 is 0. The van der Waals surface area contributed by atoms with Crippen molar-refractivity contribution in [2.75, 3.05) is 19.0 Å². The molecule has 1 N–H and O–H groups in total. The van der Waals surface area contributed by atoms with Crippen molar-refractivity contribution in [1.29, 1.82) is 0 Å². The Labute approximate surface area is 113 Å². The molecule has 0 unspecified atom stereocenters. The normalized spacial score (nSPS) is 10.3. The second kappa shape index (κ2) is 6.18. The molecule has 0 aliphatic carbocycles. The third-order valence-corrected chi connectivity index (χ3v) is 2.95. The highest BCUT2D eigenvalue weighted by atomic mass is 16.5. The molecule has 1 aromatic carbocycles. The molecular formula is C15H19N3O. The quantitative estimate of drug-likeness (QED) is 0.894. The van der Waals surface area contributed by atoms with Crippen molar-refractivity contribution < 1.29 is 4.74 Å². The zero-order chi connectivity index (χ0) is 13.7. The van der Waals surface area contributed by atoms with Crippen LogP contribution in [0.3, 0.4) is 0 Å². The van der Waals surface area contributed by atoms with E-state index in [-0.39, 0.29) is 0 Å². The maximum absolute atomic E-state index is 5.32. The second-order valence-electron chi connectivity index (χ2n) is 4.56. The molecule has 0 fully saturated rings. The Morgan fingerprint density at radius 2 is 1.89 bits per heavy atom. The summed E-state index contributed by atoms with van der Waals surface area (Å²) in [4.78, 5) is 8.42. The number of nitrogens with zero attached hydrogens (tertiary/aromatic N) is 2. The van der Waals surface area contributed by atoms with Crippen molar-refractivity contribution >= 4 is 5.95 Å².